The zero-order chi connectivity index (χ0) is 15.4. The molecule has 3 nitrogen and oxygen atoms in total. The second-order valence-corrected chi connectivity index (χ2v) is 5.87. The summed E-state index contributed by atoms with van der Waals surface area (Å²) in [6, 6.07) is 14.1. The molecule has 1 aliphatic rings. The highest BCUT2D eigenvalue weighted by molar-refractivity contribution is 6.30. The maximum atomic E-state index is 5.96. The second kappa shape index (κ2) is 7.03. The highest BCUT2D eigenvalue weighted by Crippen LogP contribution is 2.30. The molecule has 0 fully saturated rings. The van der Waals surface area contributed by atoms with Gasteiger partial charge in [-0.25, -0.2) is 0 Å². The van der Waals surface area contributed by atoms with Gasteiger partial charge in [0.15, 0.2) is 11.5 Å². The minimum absolute atomic E-state index is 0.639. The molecule has 0 spiro atoms. The number of ether oxygens (including phenoxy) is 2. The number of nitrogens with zero attached hydrogens (tertiary/aromatic N) is 1. The first kappa shape index (κ1) is 15.2. The van der Waals surface area contributed by atoms with Crippen molar-refractivity contribution in [2.75, 3.05) is 26.8 Å². The summed E-state index contributed by atoms with van der Waals surface area (Å²) in [5.41, 5.74) is 2.90. The third-order valence-corrected chi connectivity index (χ3v) is 4.24. The molecular formula is C18H20ClNO2. The van der Waals surface area contributed by atoms with Crippen molar-refractivity contribution in [2.45, 2.75) is 13.0 Å². The maximum Gasteiger partial charge on any atom is 0.162 e. The van der Waals surface area contributed by atoms with Crippen LogP contribution in [0.3, 0.4) is 0 Å². The quantitative estimate of drug-likeness (QED) is 0.837. The van der Waals surface area contributed by atoms with E-state index in [1.54, 1.807) is 13.2 Å². The molecule has 2 aromatic rings. The number of hydrogen-bond donors (Lipinski definition) is 0. The van der Waals surface area contributed by atoms with E-state index < -0.39 is 0 Å². The van der Waals surface area contributed by atoms with Crippen LogP contribution in [-0.4, -0.2) is 31.7 Å². The maximum absolute atomic E-state index is 5.96. The minimum atomic E-state index is 0.639. The zero-order valence-corrected chi connectivity index (χ0v) is 13.5. The second-order valence-electron chi connectivity index (χ2n) is 5.44. The van der Waals surface area contributed by atoms with Crippen molar-refractivity contribution in [3.63, 3.8) is 0 Å². The van der Waals surface area contributed by atoms with Gasteiger partial charge >= 0.3 is 0 Å². The van der Waals surface area contributed by atoms with Crippen molar-refractivity contribution in [1.82, 2.24) is 4.90 Å². The highest BCUT2D eigenvalue weighted by atomic mass is 35.5. The van der Waals surface area contributed by atoms with Crippen LogP contribution in [0.25, 0.3) is 0 Å². The van der Waals surface area contributed by atoms with E-state index in [1.807, 2.05) is 12.1 Å². The highest BCUT2D eigenvalue weighted by Gasteiger charge is 2.15. The first-order valence-corrected chi connectivity index (χ1v) is 7.89. The van der Waals surface area contributed by atoms with E-state index in [2.05, 4.69) is 29.2 Å². The fourth-order valence-corrected chi connectivity index (χ4v) is 2.95. The Hall–Kier alpha value is -1.71. The van der Waals surface area contributed by atoms with Gasteiger partial charge in [0, 0.05) is 30.7 Å². The molecule has 0 saturated heterocycles. The van der Waals surface area contributed by atoms with Gasteiger partial charge in [-0.3, -0.25) is 4.90 Å². The van der Waals surface area contributed by atoms with Crippen molar-refractivity contribution in [2.24, 2.45) is 0 Å². The fourth-order valence-electron chi connectivity index (χ4n) is 2.79. The minimum Gasteiger partial charge on any atom is -0.493 e. The summed E-state index contributed by atoms with van der Waals surface area (Å²) < 4.78 is 11.1. The predicted octanol–water partition coefficient (Wildman–Crippen LogP) is 3.79. The van der Waals surface area contributed by atoms with Crippen molar-refractivity contribution in [3.05, 3.63) is 58.6 Å². The van der Waals surface area contributed by atoms with E-state index in [0.29, 0.717) is 17.4 Å². The monoisotopic (exact) mass is 317 g/mol. The van der Waals surface area contributed by atoms with Crippen LogP contribution in [0, 0.1) is 0 Å². The first-order chi connectivity index (χ1) is 10.8. The van der Waals surface area contributed by atoms with E-state index in [0.717, 1.165) is 31.8 Å². The van der Waals surface area contributed by atoms with E-state index in [-0.39, 0.29) is 0 Å². The van der Waals surface area contributed by atoms with Gasteiger partial charge in [0.1, 0.15) is 6.61 Å². The van der Waals surface area contributed by atoms with Crippen LogP contribution in [0.5, 0.6) is 11.5 Å². The fraction of sp³-hybridized carbons (Fsp3) is 0.333. The molecule has 2 aromatic carbocycles. The molecule has 0 N–H and O–H groups in total. The van der Waals surface area contributed by atoms with Crippen LogP contribution in [0.15, 0.2) is 42.5 Å². The third kappa shape index (κ3) is 3.54. The topological polar surface area (TPSA) is 21.7 Å². The van der Waals surface area contributed by atoms with Gasteiger partial charge < -0.3 is 9.47 Å². The molecule has 0 saturated carbocycles. The smallest absolute Gasteiger partial charge is 0.162 e. The lowest BCUT2D eigenvalue weighted by Crippen LogP contribution is -2.33. The number of hydrogen-bond acceptors (Lipinski definition) is 3. The molecule has 4 heteroatoms. The molecule has 0 bridgehead atoms. The Morgan fingerprint density at radius 1 is 1.09 bits per heavy atom. The summed E-state index contributed by atoms with van der Waals surface area (Å²) in [5, 5.41) is 0.650. The summed E-state index contributed by atoms with van der Waals surface area (Å²) in [7, 11) is 1.63. The van der Waals surface area contributed by atoms with Gasteiger partial charge in [0.2, 0.25) is 0 Å². The Morgan fingerprint density at radius 3 is 2.73 bits per heavy atom. The van der Waals surface area contributed by atoms with Crippen molar-refractivity contribution < 1.29 is 9.47 Å². The Bertz CT molecular complexity index is 645. The Balaban J connectivity index is 1.54. The summed E-state index contributed by atoms with van der Waals surface area (Å²) in [6.45, 7) is 3.62. The van der Waals surface area contributed by atoms with Gasteiger partial charge in [0.05, 0.1) is 7.11 Å². The third-order valence-electron chi connectivity index (χ3n) is 4.00. The Kier molecular flexibility index (Phi) is 4.86. The molecule has 1 aliphatic heterocycles. The Labute approximate surface area is 136 Å². The zero-order valence-electron chi connectivity index (χ0n) is 12.7. The number of benzene rings is 2. The number of rotatable bonds is 5. The largest absolute Gasteiger partial charge is 0.493 e. The molecule has 3 rings (SSSR count). The van der Waals surface area contributed by atoms with E-state index >= 15 is 0 Å². The molecule has 22 heavy (non-hydrogen) atoms. The first-order valence-electron chi connectivity index (χ1n) is 7.52. The standard InChI is InChI=1S/C18H20ClNO2/c1-21-18-12-16(19)6-7-17(18)22-11-10-20-9-8-14-4-2-3-5-15(14)13-20/h2-7,12H,8-11,13H2,1H3. The molecule has 0 aliphatic carbocycles. The van der Waals surface area contributed by atoms with E-state index in [4.69, 9.17) is 21.1 Å². The van der Waals surface area contributed by atoms with Gasteiger partial charge in [-0.1, -0.05) is 35.9 Å². The molecule has 1 heterocycles. The molecular weight excluding hydrogens is 298 g/mol. The molecule has 0 radical (unpaired) electrons. The summed E-state index contributed by atoms with van der Waals surface area (Å²) in [6.07, 6.45) is 1.11. The number of halogens is 1. The summed E-state index contributed by atoms with van der Waals surface area (Å²) in [4.78, 5) is 2.42. The van der Waals surface area contributed by atoms with Crippen LogP contribution < -0.4 is 9.47 Å². The van der Waals surface area contributed by atoms with E-state index in [1.165, 1.54) is 11.1 Å². The SMILES string of the molecule is COc1cc(Cl)ccc1OCCN1CCc2ccccc2C1. The predicted molar refractivity (Wildman–Crippen MR) is 88.9 cm³/mol. The normalized spacial score (nSPS) is 14.5. The lowest BCUT2D eigenvalue weighted by molar-refractivity contribution is 0.192. The Morgan fingerprint density at radius 2 is 1.91 bits per heavy atom. The lowest BCUT2D eigenvalue weighted by Gasteiger charge is -2.28. The van der Waals surface area contributed by atoms with Crippen molar-refractivity contribution >= 4 is 11.6 Å². The number of fused-ring (bicyclic) bond motifs is 1. The number of methoxy groups -OCH3 is 1. The van der Waals surface area contributed by atoms with E-state index in [9.17, 15) is 0 Å². The summed E-state index contributed by atoms with van der Waals surface area (Å²) in [5.74, 6) is 1.42. The van der Waals surface area contributed by atoms with Crippen LogP contribution in [-0.2, 0) is 13.0 Å². The van der Waals surface area contributed by atoms with Gasteiger partial charge in [-0.15, -0.1) is 0 Å². The molecule has 0 atom stereocenters. The van der Waals surface area contributed by atoms with Crippen LogP contribution in [0.1, 0.15) is 11.1 Å². The van der Waals surface area contributed by atoms with Crippen LogP contribution in [0.2, 0.25) is 5.02 Å². The van der Waals surface area contributed by atoms with Gasteiger partial charge in [-0.05, 0) is 29.7 Å². The molecule has 116 valence electrons. The van der Waals surface area contributed by atoms with Crippen molar-refractivity contribution in [1.29, 1.82) is 0 Å². The van der Waals surface area contributed by atoms with Gasteiger partial charge in [-0.2, -0.15) is 0 Å². The summed E-state index contributed by atoms with van der Waals surface area (Å²) >= 11 is 5.96. The van der Waals surface area contributed by atoms with Crippen LogP contribution in [0.4, 0.5) is 0 Å². The lowest BCUT2D eigenvalue weighted by atomic mass is 10.0. The molecule has 0 aromatic heterocycles. The molecule has 0 amide bonds. The van der Waals surface area contributed by atoms with Gasteiger partial charge in [0.25, 0.3) is 0 Å². The van der Waals surface area contributed by atoms with Crippen molar-refractivity contribution in [3.8, 4) is 11.5 Å². The average Bonchev–Trinajstić information content (AvgIpc) is 2.56. The van der Waals surface area contributed by atoms with Crippen LogP contribution >= 0.6 is 11.6 Å². The molecule has 0 unspecified atom stereocenters. The average molecular weight is 318 g/mol.